The van der Waals surface area contributed by atoms with Gasteiger partial charge in [0.05, 0.1) is 11.7 Å². The van der Waals surface area contributed by atoms with Crippen molar-refractivity contribution in [3.8, 4) is 0 Å². The van der Waals surface area contributed by atoms with Gasteiger partial charge in [-0.3, -0.25) is 0 Å². The third-order valence-electron chi connectivity index (χ3n) is 3.38. The fourth-order valence-electron chi connectivity index (χ4n) is 2.42. The van der Waals surface area contributed by atoms with E-state index >= 15 is 0 Å². The molecular formula is C10H17BrO. The summed E-state index contributed by atoms with van der Waals surface area (Å²) in [6.07, 6.45) is 7.07. The Bertz CT molecular complexity index is 167. The second kappa shape index (κ2) is 3.30. The van der Waals surface area contributed by atoms with Crippen molar-refractivity contribution in [3.63, 3.8) is 0 Å². The van der Waals surface area contributed by atoms with Crippen LogP contribution in [0.2, 0.25) is 0 Å². The first kappa shape index (κ1) is 9.01. The Morgan fingerprint density at radius 1 is 1.42 bits per heavy atom. The molecule has 2 heteroatoms. The molecule has 2 rings (SSSR count). The highest BCUT2D eigenvalue weighted by atomic mass is 79.9. The molecule has 0 N–H and O–H groups in total. The maximum Gasteiger partial charge on any atom is 0.0713 e. The summed E-state index contributed by atoms with van der Waals surface area (Å²) in [4.78, 5) is 0. The van der Waals surface area contributed by atoms with Gasteiger partial charge in [-0.15, -0.1) is 0 Å². The summed E-state index contributed by atoms with van der Waals surface area (Å²) in [7, 11) is 0. The van der Waals surface area contributed by atoms with Gasteiger partial charge in [0, 0.05) is 5.33 Å². The summed E-state index contributed by atoms with van der Waals surface area (Å²) in [5, 5.41) is 1.02. The normalized spacial score (nSPS) is 42.0. The van der Waals surface area contributed by atoms with Crippen molar-refractivity contribution >= 4 is 15.9 Å². The minimum absolute atomic E-state index is 0.290. The third kappa shape index (κ3) is 1.44. The van der Waals surface area contributed by atoms with Crippen LogP contribution in [0.1, 0.15) is 39.0 Å². The average molecular weight is 233 g/mol. The Morgan fingerprint density at radius 3 is 2.58 bits per heavy atom. The SMILES string of the molecule is CCC1(C2CC2)CCC(CBr)O1. The van der Waals surface area contributed by atoms with Gasteiger partial charge in [0.25, 0.3) is 0 Å². The minimum Gasteiger partial charge on any atom is -0.371 e. The van der Waals surface area contributed by atoms with Crippen molar-refractivity contribution < 1.29 is 4.74 Å². The van der Waals surface area contributed by atoms with E-state index in [9.17, 15) is 0 Å². The molecule has 70 valence electrons. The summed E-state index contributed by atoms with van der Waals surface area (Å²) < 4.78 is 6.12. The Balaban J connectivity index is 2.00. The molecule has 0 radical (unpaired) electrons. The maximum atomic E-state index is 6.12. The Hall–Kier alpha value is 0.440. The number of ether oxygens (including phenoxy) is 1. The lowest BCUT2D eigenvalue weighted by Gasteiger charge is -2.28. The first-order chi connectivity index (χ1) is 5.80. The van der Waals surface area contributed by atoms with Gasteiger partial charge in [0.2, 0.25) is 0 Å². The van der Waals surface area contributed by atoms with Crippen LogP contribution in [0, 0.1) is 5.92 Å². The predicted octanol–water partition coefficient (Wildman–Crippen LogP) is 3.12. The van der Waals surface area contributed by atoms with Crippen LogP contribution in [0.3, 0.4) is 0 Å². The Kier molecular flexibility index (Phi) is 2.48. The van der Waals surface area contributed by atoms with Crippen molar-refractivity contribution in [2.45, 2.75) is 50.7 Å². The second-order valence-electron chi connectivity index (χ2n) is 4.13. The van der Waals surface area contributed by atoms with Crippen LogP contribution in [-0.4, -0.2) is 17.0 Å². The van der Waals surface area contributed by atoms with Crippen LogP contribution < -0.4 is 0 Å². The van der Waals surface area contributed by atoms with Gasteiger partial charge in [-0.1, -0.05) is 22.9 Å². The molecule has 0 spiro atoms. The molecule has 0 bridgehead atoms. The van der Waals surface area contributed by atoms with E-state index in [1.807, 2.05) is 0 Å². The molecule has 2 aliphatic rings. The van der Waals surface area contributed by atoms with Gasteiger partial charge < -0.3 is 4.74 Å². The van der Waals surface area contributed by atoms with E-state index < -0.39 is 0 Å². The van der Waals surface area contributed by atoms with Gasteiger partial charge in [-0.2, -0.15) is 0 Å². The monoisotopic (exact) mass is 232 g/mol. The molecule has 1 heterocycles. The molecule has 1 saturated carbocycles. The standard InChI is InChI=1S/C10H17BrO/c1-2-10(8-3-4-8)6-5-9(7-11)12-10/h8-9H,2-7H2,1H3. The van der Waals surface area contributed by atoms with Gasteiger partial charge in [-0.25, -0.2) is 0 Å². The molecule has 0 aromatic carbocycles. The van der Waals surface area contributed by atoms with Crippen LogP contribution >= 0.6 is 15.9 Å². The molecule has 1 saturated heterocycles. The first-order valence-electron chi connectivity index (χ1n) is 5.04. The predicted molar refractivity (Wildman–Crippen MR) is 53.6 cm³/mol. The van der Waals surface area contributed by atoms with E-state index in [4.69, 9.17) is 4.74 Å². The molecule has 0 amide bonds. The number of hydrogen-bond acceptors (Lipinski definition) is 1. The molecule has 1 aliphatic heterocycles. The van der Waals surface area contributed by atoms with Gasteiger partial charge >= 0.3 is 0 Å². The van der Waals surface area contributed by atoms with Crippen LogP contribution in [0.4, 0.5) is 0 Å². The summed E-state index contributed by atoms with van der Waals surface area (Å²) >= 11 is 3.50. The van der Waals surface area contributed by atoms with Crippen LogP contribution in [0.25, 0.3) is 0 Å². The molecule has 1 nitrogen and oxygen atoms in total. The Labute approximate surface area is 83.0 Å². The summed E-state index contributed by atoms with van der Waals surface area (Å²) in [6.45, 7) is 2.27. The van der Waals surface area contributed by atoms with E-state index in [2.05, 4.69) is 22.9 Å². The summed E-state index contributed by atoms with van der Waals surface area (Å²) in [6, 6.07) is 0. The number of halogens is 1. The zero-order chi connectivity index (χ0) is 8.60. The lowest BCUT2D eigenvalue weighted by molar-refractivity contribution is -0.0502. The highest BCUT2D eigenvalue weighted by molar-refractivity contribution is 9.09. The zero-order valence-electron chi connectivity index (χ0n) is 7.68. The van der Waals surface area contributed by atoms with E-state index in [0.29, 0.717) is 11.7 Å². The number of rotatable bonds is 3. The van der Waals surface area contributed by atoms with Gasteiger partial charge in [0.15, 0.2) is 0 Å². The highest BCUT2D eigenvalue weighted by Crippen LogP contribution is 2.50. The fraction of sp³-hybridized carbons (Fsp3) is 1.00. The van der Waals surface area contributed by atoms with Crippen molar-refractivity contribution in [2.24, 2.45) is 5.92 Å². The number of hydrogen-bond donors (Lipinski definition) is 0. The lowest BCUT2D eigenvalue weighted by atomic mass is 9.91. The summed E-state index contributed by atoms with van der Waals surface area (Å²) in [5.41, 5.74) is 0.290. The third-order valence-corrected chi connectivity index (χ3v) is 4.10. The van der Waals surface area contributed by atoms with Gasteiger partial charge in [-0.05, 0) is 38.0 Å². The molecule has 1 aliphatic carbocycles. The topological polar surface area (TPSA) is 9.23 Å². The largest absolute Gasteiger partial charge is 0.371 e. The fourth-order valence-corrected chi connectivity index (χ4v) is 2.88. The van der Waals surface area contributed by atoms with E-state index in [1.54, 1.807) is 0 Å². The second-order valence-corrected chi connectivity index (χ2v) is 4.77. The van der Waals surface area contributed by atoms with E-state index in [1.165, 1.54) is 32.1 Å². The highest BCUT2D eigenvalue weighted by Gasteiger charge is 2.49. The minimum atomic E-state index is 0.290. The lowest BCUT2D eigenvalue weighted by Crippen LogP contribution is -2.31. The molecule has 12 heavy (non-hydrogen) atoms. The van der Waals surface area contributed by atoms with E-state index in [0.717, 1.165) is 11.2 Å². The quantitative estimate of drug-likeness (QED) is 0.680. The maximum absolute atomic E-state index is 6.12. The number of alkyl halides is 1. The smallest absolute Gasteiger partial charge is 0.0713 e. The molecule has 0 aromatic heterocycles. The average Bonchev–Trinajstić information content (AvgIpc) is 2.87. The zero-order valence-corrected chi connectivity index (χ0v) is 9.27. The van der Waals surface area contributed by atoms with Crippen molar-refractivity contribution in [1.29, 1.82) is 0 Å². The van der Waals surface area contributed by atoms with Crippen molar-refractivity contribution in [1.82, 2.24) is 0 Å². The Morgan fingerprint density at radius 2 is 2.17 bits per heavy atom. The van der Waals surface area contributed by atoms with Crippen LogP contribution in [-0.2, 0) is 4.74 Å². The van der Waals surface area contributed by atoms with Crippen LogP contribution in [0.5, 0.6) is 0 Å². The van der Waals surface area contributed by atoms with E-state index in [-0.39, 0.29) is 0 Å². The molecular weight excluding hydrogens is 216 g/mol. The van der Waals surface area contributed by atoms with Crippen molar-refractivity contribution in [3.05, 3.63) is 0 Å². The first-order valence-corrected chi connectivity index (χ1v) is 6.16. The molecule has 0 aromatic rings. The van der Waals surface area contributed by atoms with Crippen LogP contribution in [0.15, 0.2) is 0 Å². The van der Waals surface area contributed by atoms with Gasteiger partial charge in [0.1, 0.15) is 0 Å². The molecule has 2 fully saturated rings. The summed E-state index contributed by atoms with van der Waals surface area (Å²) in [5.74, 6) is 0.895. The molecule has 2 atom stereocenters. The molecule has 2 unspecified atom stereocenters. The van der Waals surface area contributed by atoms with Crippen molar-refractivity contribution in [2.75, 3.05) is 5.33 Å².